The van der Waals surface area contributed by atoms with Gasteiger partial charge in [0.25, 0.3) is 5.91 Å². The molecular weight excluding hydrogens is 224 g/mol. The number of para-hydroxylation sites is 1. The SMILES string of the molecule is CC(C)(C)NC(=O)c1ccccc1N1CCCC1. The average Bonchev–Trinajstić information content (AvgIpc) is 2.80. The molecule has 1 aliphatic rings. The standard InChI is InChI=1S/C15H22N2O/c1-15(2,3)16-14(18)12-8-4-5-9-13(12)17-10-6-7-11-17/h4-5,8-9H,6-7,10-11H2,1-3H3,(H,16,18). The maximum Gasteiger partial charge on any atom is 0.253 e. The van der Waals surface area contributed by atoms with Crippen molar-refractivity contribution in [2.24, 2.45) is 0 Å². The van der Waals surface area contributed by atoms with Crippen LogP contribution in [-0.4, -0.2) is 24.5 Å². The molecule has 1 amide bonds. The lowest BCUT2D eigenvalue weighted by molar-refractivity contribution is 0.0920. The second-order valence-corrected chi connectivity index (χ2v) is 5.92. The van der Waals surface area contributed by atoms with Crippen LogP contribution in [0.3, 0.4) is 0 Å². The maximum absolute atomic E-state index is 12.3. The molecule has 0 aliphatic carbocycles. The van der Waals surface area contributed by atoms with Crippen molar-refractivity contribution in [2.75, 3.05) is 18.0 Å². The first-order chi connectivity index (χ1) is 8.47. The molecule has 0 atom stereocenters. The molecule has 18 heavy (non-hydrogen) atoms. The molecule has 2 rings (SSSR count). The number of benzene rings is 1. The first-order valence-corrected chi connectivity index (χ1v) is 6.64. The van der Waals surface area contributed by atoms with Crippen molar-refractivity contribution in [2.45, 2.75) is 39.2 Å². The van der Waals surface area contributed by atoms with Gasteiger partial charge in [0, 0.05) is 24.3 Å². The van der Waals surface area contributed by atoms with Crippen LogP contribution >= 0.6 is 0 Å². The van der Waals surface area contributed by atoms with Crippen molar-refractivity contribution in [1.29, 1.82) is 0 Å². The van der Waals surface area contributed by atoms with Gasteiger partial charge in [0.1, 0.15) is 0 Å². The summed E-state index contributed by atoms with van der Waals surface area (Å²) < 4.78 is 0. The van der Waals surface area contributed by atoms with E-state index >= 15 is 0 Å². The van der Waals surface area contributed by atoms with Crippen LogP contribution in [0.4, 0.5) is 5.69 Å². The molecule has 0 aromatic heterocycles. The Morgan fingerprint density at radius 2 is 1.78 bits per heavy atom. The number of hydrogen-bond donors (Lipinski definition) is 1. The fourth-order valence-corrected chi connectivity index (χ4v) is 2.31. The molecular formula is C15H22N2O. The summed E-state index contributed by atoms with van der Waals surface area (Å²) in [6.45, 7) is 8.12. The van der Waals surface area contributed by atoms with Gasteiger partial charge in [0.2, 0.25) is 0 Å². The second kappa shape index (κ2) is 5.01. The zero-order valence-electron chi connectivity index (χ0n) is 11.5. The Bertz CT molecular complexity index is 428. The summed E-state index contributed by atoms with van der Waals surface area (Å²) in [4.78, 5) is 14.6. The van der Waals surface area contributed by atoms with Gasteiger partial charge >= 0.3 is 0 Å². The molecule has 1 saturated heterocycles. The van der Waals surface area contributed by atoms with E-state index in [1.807, 2.05) is 45.0 Å². The summed E-state index contributed by atoms with van der Waals surface area (Å²) in [5, 5.41) is 3.03. The van der Waals surface area contributed by atoms with E-state index in [0.717, 1.165) is 24.3 Å². The molecule has 1 aliphatic heterocycles. The van der Waals surface area contributed by atoms with Crippen molar-refractivity contribution in [3.8, 4) is 0 Å². The summed E-state index contributed by atoms with van der Waals surface area (Å²) in [5.74, 6) is 0.0185. The highest BCUT2D eigenvalue weighted by atomic mass is 16.1. The lowest BCUT2D eigenvalue weighted by atomic mass is 10.1. The van der Waals surface area contributed by atoms with E-state index in [9.17, 15) is 4.79 Å². The minimum Gasteiger partial charge on any atom is -0.371 e. The third-order valence-electron chi connectivity index (χ3n) is 3.08. The van der Waals surface area contributed by atoms with Crippen molar-refractivity contribution >= 4 is 11.6 Å². The first kappa shape index (κ1) is 12.9. The molecule has 0 radical (unpaired) electrons. The van der Waals surface area contributed by atoms with Crippen LogP contribution in [0.25, 0.3) is 0 Å². The summed E-state index contributed by atoms with van der Waals surface area (Å²) in [5.41, 5.74) is 1.65. The predicted octanol–water partition coefficient (Wildman–Crippen LogP) is 2.82. The van der Waals surface area contributed by atoms with Gasteiger partial charge in [0.15, 0.2) is 0 Å². The van der Waals surface area contributed by atoms with E-state index in [0.29, 0.717) is 0 Å². The van der Waals surface area contributed by atoms with Crippen LogP contribution in [0.2, 0.25) is 0 Å². The van der Waals surface area contributed by atoms with E-state index in [-0.39, 0.29) is 11.4 Å². The molecule has 3 nitrogen and oxygen atoms in total. The Balaban J connectivity index is 2.24. The fourth-order valence-electron chi connectivity index (χ4n) is 2.31. The monoisotopic (exact) mass is 246 g/mol. The Labute approximate surface area is 109 Å². The molecule has 0 spiro atoms. The highest BCUT2D eigenvalue weighted by molar-refractivity contribution is 6.00. The molecule has 1 heterocycles. The summed E-state index contributed by atoms with van der Waals surface area (Å²) in [6, 6.07) is 7.89. The van der Waals surface area contributed by atoms with Crippen LogP contribution < -0.4 is 10.2 Å². The minimum absolute atomic E-state index is 0.0185. The van der Waals surface area contributed by atoms with Crippen LogP contribution in [0, 0.1) is 0 Å². The third-order valence-corrected chi connectivity index (χ3v) is 3.08. The predicted molar refractivity (Wildman–Crippen MR) is 75.1 cm³/mol. The number of nitrogens with zero attached hydrogens (tertiary/aromatic N) is 1. The molecule has 0 bridgehead atoms. The first-order valence-electron chi connectivity index (χ1n) is 6.64. The van der Waals surface area contributed by atoms with Crippen molar-refractivity contribution in [3.63, 3.8) is 0 Å². The number of hydrogen-bond acceptors (Lipinski definition) is 2. The number of carbonyl (C=O) groups excluding carboxylic acids is 1. The Kier molecular flexibility index (Phi) is 3.60. The van der Waals surface area contributed by atoms with E-state index in [1.54, 1.807) is 0 Å². The highest BCUT2D eigenvalue weighted by Gasteiger charge is 2.21. The molecule has 1 N–H and O–H groups in total. The summed E-state index contributed by atoms with van der Waals surface area (Å²) >= 11 is 0. The van der Waals surface area contributed by atoms with E-state index in [4.69, 9.17) is 0 Å². The molecule has 1 aromatic carbocycles. The zero-order valence-corrected chi connectivity index (χ0v) is 11.5. The Hall–Kier alpha value is -1.51. The molecule has 3 heteroatoms. The Morgan fingerprint density at radius 3 is 2.39 bits per heavy atom. The molecule has 1 aromatic rings. The second-order valence-electron chi connectivity index (χ2n) is 5.92. The maximum atomic E-state index is 12.3. The van der Waals surface area contributed by atoms with E-state index in [2.05, 4.69) is 10.2 Å². The molecule has 1 fully saturated rings. The number of rotatable bonds is 2. The van der Waals surface area contributed by atoms with E-state index < -0.39 is 0 Å². The van der Waals surface area contributed by atoms with Crippen LogP contribution in [-0.2, 0) is 0 Å². The molecule has 0 saturated carbocycles. The van der Waals surface area contributed by atoms with Crippen LogP contribution in [0.1, 0.15) is 44.0 Å². The van der Waals surface area contributed by atoms with Gasteiger partial charge in [0.05, 0.1) is 5.56 Å². The summed E-state index contributed by atoms with van der Waals surface area (Å²) in [6.07, 6.45) is 2.43. The normalized spacial score (nSPS) is 15.8. The lowest BCUT2D eigenvalue weighted by Crippen LogP contribution is -2.41. The number of anilines is 1. The molecule has 0 unspecified atom stereocenters. The quantitative estimate of drug-likeness (QED) is 0.870. The smallest absolute Gasteiger partial charge is 0.253 e. The van der Waals surface area contributed by atoms with Gasteiger partial charge in [-0.1, -0.05) is 12.1 Å². The number of nitrogens with one attached hydrogen (secondary N) is 1. The molecule has 98 valence electrons. The van der Waals surface area contributed by atoms with Gasteiger partial charge in [-0.15, -0.1) is 0 Å². The van der Waals surface area contributed by atoms with Crippen molar-refractivity contribution in [1.82, 2.24) is 5.32 Å². The van der Waals surface area contributed by atoms with Gasteiger partial charge < -0.3 is 10.2 Å². The van der Waals surface area contributed by atoms with Gasteiger partial charge in [-0.2, -0.15) is 0 Å². The Morgan fingerprint density at radius 1 is 1.17 bits per heavy atom. The topological polar surface area (TPSA) is 32.3 Å². The minimum atomic E-state index is -0.199. The lowest BCUT2D eigenvalue weighted by Gasteiger charge is -2.24. The third kappa shape index (κ3) is 3.03. The largest absolute Gasteiger partial charge is 0.371 e. The van der Waals surface area contributed by atoms with Crippen molar-refractivity contribution < 1.29 is 4.79 Å². The highest BCUT2D eigenvalue weighted by Crippen LogP contribution is 2.24. The average molecular weight is 246 g/mol. The number of carbonyl (C=O) groups is 1. The fraction of sp³-hybridized carbons (Fsp3) is 0.533. The zero-order chi connectivity index (χ0) is 13.2. The van der Waals surface area contributed by atoms with E-state index in [1.165, 1.54) is 12.8 Å². The van der Waals surface area contributed by atoms with Crippen LogP contribution in [0.15, 0.2) is 24.3 Å². The van der Waals surface area contributed by atoms with Crippen LogP contribution in [0.5, 0.6) is 0 Å². The van der Waals surface area contributed by atoms with Gasteiger partial charge in [-0.25, -0.2) is 0 Å². The summed E-state index contributed by atoms with van der Waals surface area (Å²) in [7, 11) is 0. The van der Waals surface area contributed by atoms with Gasteiger partial charge in [-0.05, 0) is 45.7 Å². The van der Waals surface area contributed by atoms with Crippen molar-refractivity contribution in [3.05, 3.63) is 29.8 Å². The number of amides is 1. The van der Waals surface area contributed by atoms with Gasteiger partial charge in [-0.3, -0.25) is 4.79 Å².